The van der Waals surface area contributed by atoms with Gasteiger partial charge in [-0.3, -0.25) is 0 Å². The molecule has 60 heavy (non-hydrogen) atoms. The summed E-state index contributed by atoms with van der Waals surface area (Å²) < 4.78 is 36.6. The van der Waals surface area contributed by atoms with Crippen LogP contribution >= 0.6 is 0 Å². The van der Waals surface area contributed by atoms with E-state index in [1.54, 1.807) is 0 Å². The van der Waals surface area contributed by atoms with E-state index in [0.717, 1.165) is 65.0 Å². The molecular formula is C54H88O6. The average molecular weight is 833 g/mol. The van der Waals surface area contributed by atoms with Gasteiger partial charge in [0.25, 0.3) is 0 Å². The molecule has 2 rings (SSSR count). The maximum atomic E-state index is 6.25. The first-order chi connectivity index (χ1) is 29.8. The normalized spacial score (nSPS) is 12.6. The van der Waals surface area contributed by atoms with Gasteiger partial charge in [-0.05, 0) is 88.2 Å². The fourth-order valence-electron chi connectivity index (χ4n) is 7.05. The van der Waals surface area contributed by atoms with Crippen LogP contribution in [0.5, 0.6) is 0 Å². The van der Waals surface area contributed by atoms with E-state index < -0.39 is 0 Å². The van der Waals surface area contributed by atoms with Gasteiger partial charge in [-0.2, -0.15) is 0 Å². The maximum absolute atomic E-state index is 6.25. The van der Waals surface area contributed by atoms with Gasteiger partial charge in [0.2, 0.25) is 0 Å². The van der Waals surface area contributed by atoms with Crippen LogP contribution in [0.4, 0.5) is 0 Å². The Morgan fingerprint density at radius 3 is 1.05 bits per heavy atom. The average Bonchev–Trinajstić information content (AvgIpc) is 3.27. The van der Waals surface area contributed by atoms with Crippen molar-refractivity contribution in [1.29, 1.82) is 0 Å². The highest BCUT2D eigenvalue weighted by Crippen LogP contribution is 2.12. The number of benzene rings is 2. The summed E-state index contributed by atoms with van der Waals surface area (Å²) in [4.78, 5) is 0. The lowest BCUT2D eigenvalue weighted by Gasteiger charge is -2.18. The van der Waals surface area contributed by atoms with Crippen LogP contribution in [0.15, 0.2) is 98.1 Å². The Labute approximate surface area is 368 Å². The van der Waals surface area contributed by atoms with Crippen molar-refractivity contribution in [1.82, 2.24) is 0 Å². The van der Waals surface area contributed by atoms with Crippen molar-refractivity contribution in [2.24, 2.45) is 0 Å². The second kappa shape index (κ2) is 43.1. The minimum Gasteiger partial charge on any atom is -0.379 e. The van der Waals surface area contributed by atoms with Gasteiger partial charge in [0.05, 0.1) is 39.6 Å². The summed E-state index contributed by atoms with van der Waals surface area (Å²) in [5.74, 6) is 0. The van der Waals surface area contributed by atoms with Crippen molar-refractivity contribution in [2.45, 2.75) is 180 Å². The van der Waals surface area contributed by atoms with Gasteiger partial charge in [0.15, 0.2) is 0 Å². The highest BCUT2D eigenvalue weighted by atomic mass is 16.6. The second-order valence-corrected chi connectivity index (χ2v) is 16.4. The predicted octanol–water partition coefficient (Wildman–Crippen LogP) is 14.5. The van der Waals surface area contributed by atoms with Crippen molar-refractivity contribution in [3.8, 4) is 0 Å². The fraction of sp³-hybridized carbons (Fsp3) is 0.667. The lowest BCUT2D eigenvalue weighted by atomic mass is 10.1. The highest BCUT2D eigenvalue weighted by molar-refractivity contribution is 5.14. The van der Waals surface area contributed by atoms with Crippen molar-refractivity contribution in [2.75, 3.05) is 52.9 Å². The quantitative estimate of drug-likeness (QED) is 0.0489. The van der Waals surface area contributed by atoms with E-state index in [4.69, 9.17) is 28.4 Å². The minimum atomic E-state index is -0.0119. The Bertz CT molecular complexity index is 1110. The summed E-state index contributed by atoms with van der Waals surface area (Å²) in [5, 5.41) is 0. The van der Waals surface area contributed by atoms with E-state index >= 15 is 0 Å². The molecule has 6 nitrogen and oxygen atoms in total. The number of rotatable bonds is 46. The zero-order valence-corrected chi connectivity index (χ0v) is 38.1. The SMILES string of the molecule is C=CCCCCCCCOCC(COCc1ccccc1)OCCCCCCC/C=C/CCCCCCCOC(COCCCCCCCC=C)COCc1ccccc1. The maximum Gasteiger partial charge on any atom is 0.104 e. The lowest BCUT2D eigenvalue weighted by molar-refractivity contribution is -0.0645. The summed E-state index contributed by atoms with van der Waals surface area (Å²) >= 11 is 0. The first-order valence-electron chi connectivity index (χ1n) is 24.3. The van der Waals surface area contributed by atoms with Crippen LogP contribution in [-0.4, -0.2) is 65.1 Å². The molecule has 0 aliphatic rings. The summed E-state index contributed by atoms with van der Waals surface area (Å²) in [5.41, 5.74) is 2.38. The first kappa shape index (κ1) is 53.6. The number of hydrogen-bond acceptors (Lipinski definition) is 6. The third-order valence-electron chi connectivity index (χ3n) is 10.7. The third-order valence-corrected chi connectivity index (χ3v) is 10.7. The van der Waals surface area contributed by atoms with Gasteiger partial charge in [0, 0.05) is 26.4 Å². The van der Waals surface area contributed by atoms with Gasteiger partial charge in [0.1, 0.15) is 12.2 Å². The molecule has 0 N–H and O–H groups in total. The molecule has 2 aromatic carbocycles. The van der Waals surface area contributed by atoms with E-state index in [1.165, 1.54) is 127 Å². The van der Waals surface area contributed by atoms with Crippen molar-refractivity contribution in [3.05, 3.63) is 109 Å². The van der Waals surface area contributed by atoms with E-state index in [0.29, 0.717) is 39.6 Å². The van der Waals surface area contributed by atoms with Crippen LogP contribution in [-0.2, 0) is 41.6 Å². The molecule has 0 aromatic heterocycles. The molecular weight excluding hydrogens is 745 g/mol. The largest absolute Gasteiger partial charge is 0.379 e. The summed E-state index contributed by atoms with van der Waals surface area (Å²) in [6.45, 7) is 14.3. The second-order valence-electron chi connectivity index (χ2n) is 16.4. The standard InChI is InChI=1S/C54H88O6/c1-3-5-7-9-19-23-33-41-55-47-53(49-57-45-51-37-29-27-30-38-51)59-43-35-25-21-17-15-13-11-12-14-16-18-22-26-36-44-60-54(50-58-46-52-39-31-28-32-40-52)48-56-42-34-24-20-10-8-6-4-2/h3-4,11-12,27-32,37-40,53-54H,1-2,5-10,13-26,33-36,41-50H2/b12-11+. The van der Waals surface area contributed by atoms with E-state index in [1.807, 2.05) is 24.3 Å². The lowest BCUT2D eigenvalue weighted by Crippen LogP contribution is -2.26. The minimum absolute atomic E-state index is 0.0119. The van der Waals surface area contributed by atoms with Crippen LogP contribution in [0.3, 0.4) is 0 Å². The third kappa shape index (κ3) is 35.1. The molecule has 0 bridgehead atoms. The van der Waals surface area contributed by atoms with Crippen LogP contribution in [0.2, 0.25) is 0 Å². The Balaban J connectivity index is 1.45. The molecule has 0 fully saturated rings. The number of hydrogen-bond donors (Lipinski definition) is 0. The Morgan fingerprint density at radius 2 is 0.667 bits per heavy atom. The van der Waals surface area contributed by atoms with Crippen molar-refractivity contribution < 1.29 is 28.4 Å². The van der Waals surface area contributed by atoms with Crippen LogP contribution in [0, 0.1) is 0 Å². The van der Waals surface area contributed by atoms with Gasteiger partial charge < -0.3 is 28.4 Å². The number of allylic oxidation sites excluding steroid dienone is 4. The van der Waals surface area contributed by atoms with Gasteiger partial charge >= 0.3 is 0 Å². The molecule has 0 aliphatic heterocycles. The smallest absolute Gasteiger partial charge is 0.104 e. The number of unbranched alkanes of at least 4 members (excludes halogenated alkanes) is 20. The van der Waals surface area contributed by atoms with Crippen molar-refractivity contribution in [3.63, 3.8) is 0 Å². The molecule has 0 saturated carbocycles. The molecule has 0 saturated heterocycles. The van der Waals surface area contributed by atoms with E-state index in [2.05, 4.69) is 73.8 Å². The van der Waals surface area contributed by atoms with Crippen LogP contribution in [0.25, 0.3) is 0 Å². The summed E-state index contributed by atoms with van der Waals surface area (Å²) in [6.07, 6.45) is 38.0. The molecule has 0 spiro atoms. The molecule has 0 heterocycles. The molecule has 0 aliphatic carbocycles. The molecule has 2 aromatic rings. The summed E-state index contributed by atoms with van der Waals surface area (Å²) in [6, 6.07) is 20.7. The molecule has 2 atom stereocenters. The van der Waals surface area contributed by atoms with Gasteiger partial charge in [-0.25, -0.2) is 0 Å². The fourth-order valence-corrected chi connectivity index (χ4v) is 7.05. The molecule has 0 radical (unpaired) electrons. The van der Waals surface area contributed by atoms with E-state index in [9.17, 15) is 0 Å². The molecule has 2 unspecified atom stereocenters. The monoisotopic (exact) mass is 833 g/mol. The van der Waals surface area contributed by atoms with E-state index in [-0.39, 0.29) is 12.2 Å². The van der Waals surface area contributed by atoms with Gasteiger partial charge in [-0.15, -0.1) is 13.2 Å². The first-order valence-corrected chi connectivity index (χ1v) is 24.3. The molecule has 340 valence electrons. The zero-order valence-electron chi connectivity index (χ0n) is 38.1. The highest BCUT2D eigenvalue weighted by Gasteiger charge is 2.12. The predicted molar refractivity (Wildman–Crippen MR) is 254 cm³/mol. The Morgan fingerprint density at radius 1 is 0.350 bits per heavy atom. The molecule has 0 amide bonds. The molecule has 6 heteroatoms. The van der Waals surface area contributed by atoms with Crippen LogP contribution < -0.4 is 0 Å². The topological polar surface area (TPSA) is 55.4 Å². The number of ether oxygens (including phenoxy) is 6. The Hall–Kier alpha value is -2.58. The van der Waals surface area contributed by atoms with Crippen LogP contribution in [0.1, 0.15) is 165 Å². The summed E-state index contributed by atoms with van der Waals surface area (Å²) in [7, 11) is 0. The van der Waals surface area contributed by atoms with Crippen molar-refractivity contribution >= 4 is 0 Å². The Kier molecular flexibility index (Phi) is 38.5. The van der Waals surface area contributed by atoms with Gasteiger partial charge in [-0.1, -0.05) is 162 Å². The zero-order chi connectivity index (χ0) is 42.5.